The average molecular weight is 265 g/mol. The number of hydrogen-bond acceptors (Lipinski definition) is 3. The van der Waals surface area contributed by atoms with Crippen molar-refractivity contribution in [2.75, 3.05) is 0 Å². The van der Waals surface area contributed by atoms with Gasteiger partial charge in [0.25, 0.3) is 0 Å². The van der Waals surface area contributed by atoms with Crippen molar-refractivity contribution in [2.24, 2.45) is 0 Å². The summed E-state index contributed by atoms with van der Waals surface area (Å²) in [6.07, 6.45) is 3.65. The molecule has 0 unspecified atom stereocenters. The van der Waals surface area contributed by atoms with Gasteiger partial charge in [-0.25, -0.2) is 0 Å². The summed E-state index contributed by atoms with van der Waals surface area (Å²) in [5, 5.41) is 3.68. The molecule has 0 N–H and O–H groups in total. The molecule has 3 nitrogen and oxygen atoms in total. The molecule has 1 fully saturated rings. The molecule has 1 aromatic heterocycles. The van der Waals surface area contributed by atoms with Crippen LogP contribution in [0.2, 0.25) is 0 Å². The second-order valence-corrected chi connectivity index (χ2v) is 4.75. The second kappa shape index (κ2) is 3.17. The highest BCUT2D eigenvalue weighted by Gasteiger charge is 2.50. The van der Waals surface area contributed by atoms with Crippen molar-refractivity contribution in [1.82, 2.24) is 10.1 Å². The summed E-state index contributed by atoms with van der Waals surface area (Å²) < 4.78 is 6.26. The molecule has 3 rings (SSSR count). The first kappa shape index (κ1) is 9.09. The average Bonchev–Trinajstić information content (AvgIpc) is 2.88. The number of hydrogen-bond donors (Lipinski definition) is 0. The Bertz CT molecular complexity index is 460. The molecule has 0 atom stereocenters. The van der Waals surface area contributed by atoms with Crippen LogP contribution < -0.4 is 0 Å². The molecule has 1 saturated carbocycles. The molecular weight excluding hydrogens is 256 g/mol. The minimum atomic E-state index is -0.00278. The van der Waals surface area contributed by atoms with Gasteiger partial charge in [-0.1, -0.05) is 33.2 Å². The fourth-order valence-electron chi connectivity index (χ4n) is 1.90. The Kier molecular flexibility index (Phi) is 1.92. The van der Waals surface area contributed by atoms with Gasteiger partial charge in [-0.15, -0.1) is 0 Å². The van der Waals surface area contributed by atoms with E-state index in [1.807, 2.05) is 12.1 Å². The van der Waals surface area contributed by atoms with Gasteiger partial charge < -0.3 is 4.52 Å². The first-order valence-corrected chi connectivity index (χ1v) is 5.64. The van der Waals surface area contributed by atoms with E-state index in [4.69, 9.17) is 4.52 Å². The first-order chi connectivity index (χ1) is 7.31. The van der Waals surface area contributed by atoms with Crippen molar-refractivity contribution in [2.45, 2.75) is 18.3 Å². The Hall–Kier alpha value is -1.16. The van der Waals surface area contributed by atoms with Crippen LogP contribution in [0, 0.1) is 0 Å². The molecule has 0 saturated heterocycles. The lowest BCUT2D eigenvalue weighted by Gasteiger charge is -2.10. The molecule has 1 aromatic carbocycles. The highest BCUT2D eigenvalue weighted by atomic mass is 79.9. The van der Waals surface area contributed by atoms with Gasteiger partial charge in [-0.05, 0) is 30.5 Å². The van der Waals surface area contributed by atoms with E-state index in [0.29, 0.717) is 0 Å². The molecule has 2 aromatic rings. The summed E-state index contributed by atoms with van der Waals surface area (Å²) in [5.74, 6) is 0.741. The normalized spacial score (nSPS) is 17.7. The van der Waals surface area contributed by atoms with E-state index >= 15 is 0 Å². The van der Waals surface area contributed by atoms with Gasteiger partial charge in [0.2, 0.25) is 5.89 Å². The summed E-state index contributed by atoms with van der Waals surface area (Å²) in [5.41, 5.74) is 1.26. The van der Waals surface area contributed by atoms with Gasteiger partial charge in [-0.3, -0.25) is 0 Å². The first-order valence-electron chi connectivity index (χ1n) is 4.84. The Morgan fingerprint density at radius 1 is 1.20 bits per heavy atom. The molecule has 1 aliphatic rings. The van der Waals surface area contributed by atoms with Crippen molar-refractivity contribution < 1.29 is 4.52 Å². The molecule has 76 valence electrons. The molecule has 15 heavy (non-hydrogen) atoms. The molecule has 0 radical (unpaired) electrons. The third-order valence-corrected chi connectivity index (χ3v) is 3.45. The SMILES string of the molecule is Brc1ccc(C2(c3ncno3)CC2)cc1. The highest BCUT2D eigenvalue weighted by molar-refractivity contribution is 9.10. The third-order valence-electron chi connectivity index (χ3n) is 2.92. The van der Waals surface area contributed by atoms with Gasteiger partial charge in [0.15, 0.2) is 6.33 Å². The number of aromatic nitrogens is 2. The van der Waals surface area contributed by atoms with Crippen LogP contribution in [0.1, 0.15) is 24.3 Å². The van der Waals surface area contributed by atoms with Crippen LogP contribution in [-0.4, -0.2) is 10.1 Å². The van der Waals surface area contributed by atoms with Crippen molar-refractivity contribution in [1.29, 1.82) is 0 Å². The maximum atomic E-state index is 5.17. The monoisotopic (exact) mass is 264 g/mol. The minimum absolute atomic E-state index is 0.00278. The van der Waals surface area contributed by atoms with Crippen LogP contribution >= 0.6 is 15.9 Å². The van der Waals surface area contributed by atoms with E-state index in [0.717, 1.165) is 23.2 Å². The van der Waals surface area contributed by atoms with Crippen molar-refractivity contribution in [3.8, 4) is 0 Å². The Morgan fingerprint density at radius 2 is 1.93 bits per heavy atom. The number of benzene rings is 1. The van der Waals surface area contributed by atoms with Crippen LogP contribution in [-0.2, 0) is 5.41 Å². The predicted octanol–water partition coefficient (Wildman–Crippen LogP) is 2.91. The summed E-state index contributed by atoms with van der Waals surface area (Å²) in [6, 6.07) is 8.32. The maximum absolute atomic E-state index is 5.17. The zero-order valence-corrected chi connectivity index (χ0v) is 9.57. The number of halogens is 1. The summed E-state index contributed by atoms with van der Waals surface area (Å²) in [6.45, 7) is 0. The predicted molar refractivity (Wildman–Crippen MR) is 58.5 cm³/mol. The van der Waals surface area contributed by atoms with Gasteiger partial charge in [0.1, 0.15) is 0 Å². The molecular formula is C11H9BrN2O. The largest absolute Gasteiger partial charge is 0.339 e. The van der Waals surface area contributed by atoms with Gasteiger partial charge >= 0.3 is 0 Å². The van der Waals surface area contributed by atoms with Gasteiger partial charge in [-0.2, -0.15) is 4.98 Å². The lowest BCUT2D eigenvalue weighted by Crippen LogP contribution is -2.08. The fourth-order valence-corrected chi connectivity index (χ4v) is 2.17. The van der Waals surface area contributed by atoms with E-state index in [9.17, 15) is 0 Å². The van der Waals surface area contributed by atoms with Crippen LogP contribution in [0.3, 0.4) is 0 Å². The van der Waals surface area contributed by atoms with Crippen molar-refractivity contribution >= 4 is 15.9 Å². The number of rotatable bonds is 2. The van der Waals surface area contributed by atoms with Crippen molar-refractivity contribution in [3.63, 3.8) is 0 Å². The van der Waals surface area contributed by atoms with E-state index in [1.165, 1.54) is 11.9 Å². The van der Waals surface area contributed by atoms with Crippen LogP contribution in [0.25, 0.3) is 0 Å². The lowest BCUT2D eigenvalue weighted by molar-refractivity contribution is 0.359. The van der Waals surface area contributed by atoms with E-state index in [-0.39, 0.29) is 5.41 Å². The zero-order chi connectivity index (χ0) is 10.3. The Labute approximate surface area is 95.6 Å². The maximum Gasteiger partial charge on any atom is 0.237 e. The zero-order valence-electron chi connectivity index (χ0n) is 7.98. The van der Waals surface area contributed by atoms with Gasteiger partial charge in [0, 0.05) is 4.47 Å². The highest BCUT2D eigenvalue weighted by Crippen LogP contribution is 2.52. The molecule has 1 aliphatic carbocycles. The Balaban J connectivity index is 2.04. The van der Waals surface area contributed by atoms with Crippen molar-refractivity contribution in [3.05, 3.63) is 46.5 Å². The quantitative estimate of drug-likeness (QED) is 0.838. The van der Waals surface area contributed by atoms with E-state index < -0.39 is 0 Å². The summed E-state index contributed by atoms with van der Waals surface area (Å²) >= 11 is 3.43. The molecule has 0 aliphatic heterocycles. The minimum Gasteiger partial charge on any atom is -0.339 e. The number of nitrogens with zero attached hydrogens (tertiary/aromatic N) is 2. The molecule has 0 amide bonds. The molecule has 4 heteroatoms. The molecule has 0 spiro atoms. The van der Waals surface area contributed by atoms with Gasteiger partial charge in [0.05, 0.1) is 5.41 Å². The smallest absolute Gasteiger partial charge is 0.237 e. The summed E-state index contributed by atoms with van der Waals surface area (Å²) in [4.78, 5) is 4.16. The van der Waals surface area contributed by atoms with Crippen LogP contribution in [0.15, 0.2) is 39.6 Å². The Morgan fingerprint density at radius 3 is 2.47 bits per heavy atom. The second-order valence-electron chi connectivity index (χ2n) is 3.84. The molecule has 1 heterocycles. The standard InChI is InChI=1S/C11H9BrN2O/c12-9-3-1-8(2-4-9)11(5-6-11)10-13-7-14-15-10/h1-4,7H,5-6H2. The third kappa shape index (κ3) is 1.40. The van der Waals surface area contributed by atoms with E-state index in [1.54, 1.807) is 0 Å². The fraction of sp³-hybridized carbons (Fsp3) is 0.273. The lowest BCUT2D eigenvalue weighted by atomic mass is 9.96. The van der Waals surface area contributed by atoms with Crippen LogP contribution in [0.4, 0.5) is 0 Å². The summed E-state index contributed by atoms with van der Waals surface area (Å²) in [7, 11) is 0. The van der Waals surface area contributed by atoms with E-state index in [2.05, 4.69) is 38.2 Å². The topological polar surface area (TPSA) is 38.9 Å². The van der Waals surface area contributed by atoms with Crippen LogP contribution in [0.5, 0.6) is 0 Å². The molecule has 0 bridgehead atoms.